The van der Waals surface area contributed by atoms with Gasteiger partial charge in [0.25, 0.3) is 0 Å². The molecule has 0 atom stereocenters. The minimum absolute atomic E-state index is 0.0386. The zero-order chi connectivity index (χ0) is 18.8. The molecule has 4 aromatic rings. The Balaban J connectivity index is 1.86. The molecule has 0 unspecified atom stereocenters. The van der Waals surface area contributed by atoms with Crippen molar-refractivity contribution in [2.75, 3.05) is 0 Å². The van der Waals surface area contributed by atoms with Gasteiger partial charge in [-0.1, -0.05) is 18.2 Å². The van der Waals surface area contributed by atoms with Crippen LogP contribution in [0.5, 0.6) is 0 Å². The summed E-state index contributed by atoms with van der Waals surface area (Å²) < 4.78 is 28.8. The first-order valence-electron chi connectivity index (χ1n) is 8.03. The minimum Gasteiger partial charge on any atom is -0.206 e. The van der Waals surface area contributed by atoms with E-state index in [2.05, 4.69) is 10.2 Å². The number of thiophene rings is 1. The van der Waals surface area contributed by atoms with Crippen LogP contribution in [-0.2, 0) is 0 Å². The van der Waals surface area contributed by atoms with Crippen LogP contribution in [0.3, 0.4) is 0 Å². The fourth-order valence-electron chi connectivity index (χ4n) is 2.86. The van der Waals surface area contributed by atoms with Crippen molar-refractivity contribution in [2.24, 2.45) is 0 Å². The van der Waals surface area contributed by atoms with Crippen LogP contribution in [0.15, 0.2) is 66.2 Å². The number of halogens is 2. The van der Waals surface area contributed by atoms with Crippen LogP contribution in [0.4, 0.5) is 8.78 Å². The first kappa shape index (κ1) is 17.0. The lowest BCUT2D eigenvalue weighted by atomic mass is 9.95. The molecule has 0 aliphatic rings. The van der Waals surface area contributed by atoms with Gasteiger partial charge >= 0.3 is 0 Å². The lowest BCUT2D eigenvalue weighted by Gasteiger charge is -2.10. The molecule has 0 bridgehead atoms. The van der Waals surface area contributed by atoms with Crippen molar-refractivity contribution in [3.05, 3.63) is 83.4 Å². The second-order valence-electron chi connectivity index (χ2n) is 5.78. The lowest BCUT2D eigenvalue weighted by molar-refractivity contribution is 0.616. The first-order chi connectivity index (χ1) is 13.2. The van der Waals surface area contributed by atoms with E-state index >= 15 is 0 Å². The maximum absolute atomic E-state index is 14.5. The van der Waals surface area contributed by atoms with Crippen LogP contribution in [0.2, 0.25) is 0 Å². The molecule has 27 heavy (non-hydrogen) atoms. The molecule has 0 amide bonds. The van der Waals surface area contributed by atoms with E-state index in [0.29, 0.717) is 11.3 Å². The highest BCUT2D eigenvalue weighted by Crippen LogP contribution is 2.33. The van der Waals surface area contributed by atoms with Crippen molar-refractivity contribution in [3.8, 4) is 38.9 Å². The first-order valence-corrected chi connectivity index (χ1v) is 8.91. The highest BCUT2D eigenvalue weighted by atomic mass is 32.1. The highest BCUT2D eigenvalue weighted by molar-refractivity contribution is 7.13. The number of aromatic nitrogens is 2. The molecule has 0 aliphatic heterocycles. The Morgan fingerprint density at radius 2 is 1.81 bits per heavy atom. The molecule has 2 heterocycles. The number of nitriles is 1. The van der Waals surface area contributed by atoms with E-state index < -0.39 is 11.6 Å². The van der Waals surface area contributed by atoms with Gasteiger partial charge in [-0.15, -0.1) is 16.4 Å². The van der Waals surface area contributed by atoms with Crippen LogP contribution < -0.4 is 0 Å². The Hall–Kier alpha value is -3.43. The second-order valence-corrected chi connectivity index (χ2v) is 6.72. The van der Waals surface area contributed by atoms with Gasteiger partial charge in [0.2, 0.25) is 0 Å². The molecule has 0 saturated heterocycles. The summed E-state index contributed by atoms with van der Waals surface area (Å²) in [4.78, 5) is 0.965. The van der Waals surface area contributed by atoms with Gasteiger partial charge < -0.3 is 0 Å². The van der Waals surface area contributed by atoms with E-state index in [0.717, 1.165) is 10.4 Å². The lowest BCUT2D eigenvalue weighted by Crippen LogP contribution is -1.94. The Bertz CT molecular complexity index is 1160. The van der Waals surface area contributed by atoms with E-state index in [1.54, 1.807) is 23.6 Å². The minimum atomic E-state index is -0.641. The van der Waals surface area contributed by atoms with E-state index in [9.17, 15) is 14.0 Å². The predicted octanol–water partition coefficient (Wildman–Crippen LogP) is 5.69. The zero-order valence-corrected chi connectivity index (χ0v) is 14.7. The molecule has 0 N–H and O–H groups in total. The smallest absolute Gasteiger partial charge is 0.132 e. The van der Waals surface area contributed by atoms with Crippen molar-refractivity contribution < 1.29 is 8.78 Å². The summed E-state index contributed by atoms with van der Waals surface area (Å²) in [5.74, 6) is -1.24. The average Bonchev–Trinajstić information content (AvgIpc) is 3.23. The molecule has 0 saturated carbocycles. The highest BCUT2D eigenvalue weighted by Gasteiger charge is 2.16. The van der Waals surface area contributed by atoms with Gasteiger partial charge in [-0.25, -0.2) is 8.78 Å². The van der Waals surface area contributed by atoms with Crippen molar-refractivity contribution in [3.63, 3.8) is 0 Å². The third-order valence-corrected chi connectivity index (χ3v) is 5.02. The summed E-state index contributed by atoms with van der Waals surface area (Å²) in [5, 5.41) is 19.4. The fourth-order valence-corrected chi connectivity index (χ4v) is 3.54. The number of benzene rings is 2. The monoisotopic (exact) mass is 375 g/mol. The van der Waals surface area contributed by atoms with Gasteiger partial charge in [-0.3, -0.25) is 0 Å². The molecule has 0 radical (unpaired) electrons. The Kier molecular flexibility index (Phi) is 4.45. The van der Waals surface area contributed by atoms with E-state index in [1.807, 2.05) is 29.6 Å². The molecule has 0 spiro atoms. The standard InChI is InChI=1S/C21H11F2N3S/c22-17-7-6-13(9-16(17)21-14(11-24)3-1-4-18(21)23)15-10-19(26-25-12-15)20-5-2-8-27-20/h1-10,12H. The topological polar surface area (TPSA) is 49.6 Å². The van der Waals surface area contributed by atoms with Gasteiger partial charge in [0, 0.05) is 16.7 Å². The Morgan fingerprint density at radius 3 is 2.59 bits per heavy atom. The largest absolute Gasteiger partial charge is 0.206 e. The maximum atomic E-state index is 14.5. The summed E-state index contributed by atoms with van der Waals surface area (Å²) in [6, 6.07) is 16.1. The predicted molar refractivity (Wildman–Crippen MR) is 101 cm³/mol. The Morgan fingerprint density at radius 1 is 0.926 bits per heavy atom. The summed E-state index contributed by atoms with van der Waals surface area (Å²) in [7, 11) is 0. The molecule has 6 heteroatoms. The van der Waals surface area contributed by atoms with Gasteiger partial charge in [0.1, 0.15) is 17.3 Å². The molecule has 0 fully saturated rings. The van der Waals surface area contributed by atoms with Crippen LogP contribution >= 0.6 is 11.3 Å². The van der Waals surface area contributed by atoms with Gasteiger partial charge in [-0.2, -0.15) is 10.4 Å². The van der Waals surface area contributed by atoms with E-state index in [4.69, 9.17) is 0 Å². The van der Waals surface area contributed by atoms with E-state index in [-0.39, 0.29) is 16.7 Å². The third kappa shape index (κ3) is 3.21. The van der Waals surface area contributed by atoms with Gasteiger partial charge in [0.05, 0.1) is 22.7 Å². The fraction of sp³-hybridized carbons (Fsp3) is 0. The molecule has 130 valence electrons. The maximum Gasteiger partial charge on any atom is 0.132 e. The van der Waals surface area contributed by atoms with Crippen LogP contribution in [-0.4, -0.2) is 10.2 Å². The van der Waals surface area contributed by atoms with Gasteiger partial charge in [0.15, 0.2) is 0 Å². The SMILES string of the molecule is N#Cc1cccc(F)c1-c1cc(-c2cnnc(-c3cccs3)c2)ccc1F. The summed E-state index contributed by atoms with van der Waals surface area (Å²) >= 11 is 1.54. The molecular weight excluding hydrogens is 364 g/mol. The van der Waals surface area contributed by atoms with Crippen LogP contribution in [0.1, 0.15) is 5.56 Å². The normalized spacial score (nSPS) is 10.6. The second kappa shape index (κ2) is 7.06. The van der Waals surface area contributed by atoms with Crippen molar-refractivity contribution >= 4 is 11.3 Å². The van der Waals surface area contributed by atoms with Gasteiger partial charge in [-0.05, 0) is 47.3 Å². The molecule has 2 aromatic carbocycles. The molecular formula is C21H11F2N3S. The van der Waals surface area contributed by atoms with Crippen molar-refractivity contribution in [2.45, 2.75) is 0 Å². The van der Waals surface area contributed by atoms with Crippen LogP contribution in [0.25, 0.3) is 32.8 Å². The van der Waals surface area contributed by atoms with Crippen molar-refractivity contribution in [1.82, 2.24) is 10.2 Å². The number of hydrogen-bond donors (Lipinski definition) is 0. The number of hydrogen-bond acceptors (Lipinski definition) is 4. The molecule has 0 aliphatic carbocycles. The number of rotatable bonds is 3. The number of nitrogens with zero attached hydrogens (tertiary/aromatic N) is 3. The average molecular weight is 375 g/mol. The van der Waals surface area contributed by atoms with E-state index in [1.165, 1.54) is 30.3 Å². The molecule has 3 nitrogen and oxygen atoms in total. The third-order valence-electron chi connectivity index (χ3n) is 4.13. The summed E-state index contributed by atoms with van der Waals surface area (Å²) in [5.41, 5.74) is 2.17. The zero-order valence-electron chi connectivity index (χ0n) is 13.9. The van der Waals surface area contributed by atoms with Crippen molar-refractivity contribution in [1.29, 1.82) is 5.26 Å². The summed E-state index contributed by atoms with van der Waals surface area (Å²) in [6.45, 7) is 0. The molecule has 2 aromatic heterocycles. The Labute approximate surface area is 158 Å². The molecule has 4 rings (SSSR count). The van der Waals surface area contributed by atoms with Crippen LogP contribution in [0, 0.1) is 23.0 Å². The summed E-state index contributed by atoms with van der Waals surface area (Å²) in [6.07, 6.45) is 1.57. The quantitative estimate of drug-likeness (QED) is 0.462.